The van der Waals surface area contributed by atoms with Gasteiger partial charge in [0, 0.05) is 41.9 Å². The van der Waals surface area contributed by atoms with Crippen LogP contribution in [-0.4, -0.2) is 34.5 Å². The Labute approximate surface area is 155 Å². The topological polar surface area (TPSA) is 54.8 Å². The molecule has 3 heterocycles. The summed E-state index contributed by atoms with van der Waals surface area (Å²) in [4.78, 5) is 21.6. The minimum atomic E-state index is -0.221. The summed E-state index contributed by atoms with van der Waals surface area (Å²) in [6.07, 6.45) is 3.35. The van der Waals surface area contributed by atoms with Crippen molar-refractivity contribution in [2.24, 2.45) is 5.16 Å². The lowest BCUT2D eigenvalue weighted by Gasteiger charge is -2.25. The number of piperidine rings is 1. The van der Waals surface area contributed by atoms with Crippen molar-refractivity contribution in [1.29, 1.82) is 0 Å². The van der Waals surface area contributed by atoms with Gasteiger partial charge in [-0.25, -0.2) is 9.40 Å². The summed E-state index contributed by atoms with van der Waals surface area (Å²) < 4.78 is 1.84. The lowest BCUT2D eigenvalue weighted by Crippen LogP contribution is -2.25. The number of carbonyl (C=O) groups is 1. The molecule has 1 unspecified atom stereocenters. The highest BCUT2D eigenvalue weighted by Crippen LogP contribution is 2.34. The molecule has 0 amide bonds. The summed E-state index contributed by atoms with van der Waals surface area (Å²) in [6, 6.07) is 7.48. The summed E-state index contributed by atoms with van der Waals surface area (Å²) in [5.74, 6) is 0.475. The summed E-state index contributed by atoms with van der Waals surface area (Å²) in [5, 5.41) is 7.43. The quantitative estimate of drug-likeness (QED) is 0.595. The van der Waals surface area contributed by atoms with Gasteiger partial charge in [0.25, 0.3) is 0 Å². The van der Waals surface area contributed by atoms with Gasteiger partial charge in [-0.3, -0.25) is 4.79 Å². The number of hydrogen-bond donors (Lipinski definition) is 0. The van der Waals surface area contributed by atoms with Gasteiger partial charge in [-0.1, -0.05) is 29.4 Å². The van der Waals surface area contributed by atoms with Crippen molar-refractivity contribution < 1.29 is 9.63 Å². The zero-order valence-electron chi connectivity index (χ0n) is 13.6. The van der Waals surface area contributed by atoms with Crippen LogP contribution in [0.4, 0.5) is 0 Å². The summed E-state index contributed by atoms with van der Waals surface area (Å²) in [6.45, 7) is 1.80. The third kappa shape index (κ3) is 3.47. The van der Waals surface area contributed by atoms with Gasteiger partial charge in [-0.05, 0) is 24.6 Å². The SMILES string of the molecule is O=Cc1ccccc1C1CC(c2csc(C3CCN(Cl)CC3)n2)=NO1. The maximum atomic E-state index is 11.2. The Morgan fingerprint density at radius 1 is 1.28 bits per heavy atom. The second kappa shape index (κ2) is 7.23. The lowest BCUT2D eigenvalue weighted by atomic mass is 9.98. The third-order valence-electron chi connectivity index (χ3n) is 4.75. The Bertz CT molecular complexity index is 799. The number of rotatable bonds is 4. The number of aldehydes is 1. The predicted octanol–water partition coefficient (Wildman–Crippen LogP) is 4.15. The molecule has 0 bridgehead atoms. The molecule has 0 aliphatic carbocycles. The molecule has 0 radical (unpaired) electrons. The molecule has 4 rings (SSSR count). The smallest absolute Gasteiger partial charge is 0.159 e. The lowest BCUT2D eigenvalue weighted by molar-refractivity contribution is 0.0843. The van der Waals surface area contributed by atoms with Crippen LogP contribution in [0.3, 0.4) is 0 Å². The van der Waals surface area contributed by atoms with Crippen molar-refractivity contribution in [3.63, 3.8) is 0 Å². The molecule has 130 valence electrons. The first-order chi connectivity index (χ1) is 12.2. The van der Waals surface area contributed by atoms with Gasteiger partial charge >= 0.3 is 0 Å². The van der Waals surface area contributed by atoms with Crippen LogP contribution in [0.2, 0.25) is 0 Å². The highest BCUT2D eigenvalue weighted by atomic mass is 35.5. The standard InChI is InChI=1S/C18H18ClN3O2S/c19-22-7-5-12(6-8-22)18-20-16(11-25-18)15-9-17(24-21-15)14-4-2-1-3-13(14)10-23/h1-4,10-12,17H,5-9H2. The van der Waals surface area contributed by atoms with E-state index in [4.69, 9.17) is 21.6 Å². The third-order valence-corrected chi connectivity index (χ3v) is 6.09. The van der Waals surface area contributed by atoms with E-state index in [9.17, 15) is 4.79 Å². The van der Waals surface area contributed by atoms with E-state index in [1.54, 1.807) is 17.4 Å². The van der Waals surface area contributed by atoms with Crippen LogP contribution in [0.15, 0.2) is 34.8 Å². The molecule has 2 aromatic rings. The molecule has 25 heavy (non-hydrogen) atoms. The predicted molar refractivity (Wildman–Crippen MR) is 98.3 cm³/mol. The van der Waals surface area contributed by atoms with E-state index in [0.717, 1.165) is 54.2 Å². The van der Waals surface area contributed by atoms with Crippen LogP contribution < -0.4 is 0 Å². The van der Waals surface area contributed by atoms with Crippen molar-refractivity contribution in [1.82, 2.24) is 9.40 Å². The summed E-state index contributed by atoms with van der Waals surface area (Å²) in [5.41, 5.74) is 3.26. The Hall–Kier alpha value is -1.76. The molecule has 0 N–H and O–H groups in total. The molecule has 1 atom stereocenters. The van der Waals surface area contributed by atoms with Gasteiger partial charge in [-0.2, -0.15) is 0 Å². The number of benzene rings is 1. The highest BCUT2D eigenvalue weighted by Gasteiger charge is 2.28. The molecule has 2 aliphatic rings. The highest BCUT2D eigenvalue weighted by molar-refractivity contribution is 7.10. The first-order valence-corrected chi connectivity index (χ1v) is 9.59. The van der Waals surface area contributed by atoms with Gasteiger partial charge in [-0.15, -0.1) is 11.3 Å². The minimum absolute atomic E-state index is 0.221. The molecule has 5 nitrogen and oxygen atoms in total. The fourth-order valence-electron chi connectivity index (χ4n) is 3.31. The molecule has 0 spiro atoms. The maximum absolute atomic E-state index is 11.2. The second-order valence-corrected chi connectivity index (χ2v) is 7.71. The zero-order chi connectivity index (χ0) is 17.2. The molecular weight excluding hydrogens is 358 g/mol. The van der Waals surface area contributed by atoms with E-state index in [1.807, 2.05) is 22.6 Å². The van der Waals surface area contributed by atoms with Gasteiger partial charge in [0.1, 0.15) is 12.0 Å². The van der Waals surface area contributed by atoms with Gasteiger partial charge in [0.2, 0.25) is 0 Å². The van der Waals surface area contributed by atoms with Crippen molar-refractivity contribution in [2.75, 3.05) is 13.1 Å². The molecule has 1 saturated heterocycles. The number of aromatic nitrogens is 1. The minimum Gasteiger partial charge on any atom is -0.387 e. The molecular formula is C18H18ClN3O2S. The van der Waals surface area contributed by atoms with Crippen LogP contribution in [0.5, 0.6) is 0 Å². The van der Waals surface area contributed by atoms with Crippen molar-refractivity contribution in [3.05, 3.63) is 51.5 Å². The molecule has 1 aromatic carbocycles. The normalized spacial score (nSPS) is 21.8. The summed E-state index contributed by atoms with van der Waals surface area (Å²) in [7, 11) is 0. The summed E-state index contributed by atoms with van der Waals surface area (Å²) >= 11 is 7.72. The van der Waals surface area contributed by atoms with E-state index < -0.39 is 0 Å². The first kappa shape index (κ1) is 16.7. The fourth-order valence-corrected chi connectivity index (χ4v) is 4.50. The zero-order valence-corrected chi connectivity index (χ0v) is 15.2. The Morgan fingerprint density at radius 3 is 2.88 bits per heavy atom. The Kier molecular flexibility index (Phi) is 4.83. The molecule has 1 aromatic heterocycles. The van der Waals surface area contributed by atoms with E-state index >= 15 is 0 Å². The van der Waals surface area contributed by atoms with Crippen molar-refractivity contribution in [3.8, 4) is 0 Å². The molecule has 7 heteroatoms. The van der Waals surface area contributed by atoms with Crippen LogP contribution in [0, 0.1) is 0 Å². The van der Waals surface area contributed by atoms with E-state index in [0.29, 0.717) is 17.9 Å². The van der Waals surface area contributed by atoms with Crippen molar-refractivity contribution in [2.45, 2.75) is 31.3 Å². The fraction of sp³-hybridized carbons (Fsp3) is 0.389. The second-order valence-electron chi connectivity index (χ2n) is 6.34. The number of carbonyl (C=O) groups excluding carboxylic acids is 1. The van der Waals surface area contributed by atoms with Crippen LogP contribution in [0.1, 0.15) is 57.9 Å². The van der Waals surface area contributed by atoms with E-state index in [1.165, 1.54) is 0 Å². The van der Waals surface area contributed by atoms with Crippen LogP contribution in [0.25, 0.3) is 0 Å². The first-order valence-electron chi connectivity index (χ1n) is 8.38. The molecule has 1 fully saturated rings. The van der Waals surface area contributed by atoms with E-state index in [2.05, 4.69) is 10.5 Å². The van der Waals surface area contributed by atoms with Crippen LogP contribution >= 0.6 is 23.1 Å². The number of thiazole rings is 1. The van der Waals surface area contributed by atoms with Gasteiger partial charge in [0.05, 0.1) is 10.7 Å². The maximum Gasteiger partial charge on any atom is 0.159 e. The monoisotopic (exact) mass is 375 g/mol. The number of nitrogens with zero attached hydrogens (tertiary/aromatic N) is 3. The van der Waals surface area contributed by atoms with E-state index in [-0.39, 0.29) is 6.10 Å². The Morgan fingerprint density at radius 2 is 2.08 bits per heavy atom. The molecule has 0 saturated carbocycles. The largest absolute Gasteiger partial charge is 0.387 e. The average Bonchev–Trinajstić information content (AvgIpc) is 3.32. The average molecular weight is 376 g/mol. The Balaban J connectivity index is 1.46. The number of halogens is 1. The van der Waals surface area contributed by atoms with Crippen LogP contribution in [-0.2, 0) is 4.84 Å². The molecule has 2 aliphatic heterocycles. The number of hydrogen-bond acceptors (Lipinski definition) is 6. The number of oxime groups is 1. The van der Waals surface area contributed by atoms with Gasteiger partial charge in [0.15, 0.2) is 6.10 Å². The van der Waals surface area contributed by atoms with Crippen molar-refractivity contribution >= 4 is 35.1 Å². The van der Waals surface area contributed by atoms with Gasteiger partial charge < -0.3 is 4.84 Å².